The van der Waals surface area contributed by atoms with Crippen molar-refractivity contribution in [1.29, 1.82) is 0 Å². The molecule has 4 aromatic carbocycles. The monoisotopic (exact) mass is 545 g/mol. The van der Waals surface area contributed by atoms with E-state index >= 15 is 0 Å². The molecule has 6 rings (SSSR count). The van der Waals surface area contributed by atoms with E-state index in [0.717, 1.165) is 0 Å². The molecule has 0 unspecified atom stereocenters. The van der Waals surface area contributed by atoms with Gasteiger partial charge in [0, 0.05) is 0 Å². The Kier molecular flexibility index (Phi) is 5.58. The summed E-state index contributed by atoms with van der Waals surface area (Å²) in [6.45, 7) is 6.65. The maximum absolute atomic E-state index is 2.47. The van der Waals surface area contributed by atoms with Crippen LogP contribution in [-0.4, -0.2) is 17.8 Å². The summed E-state index contributed by atoms with van der Waals surface area (Å²) in [7, 11) is 2.16. The van der Waals surface area contributed by atoms with Crippen molar-refractivity contribution in [3.8, 4) is 16.9 Å². The Bertz CT molecular complexity index is 1850. The third-order valence-corrected chi connectivity index (χ3v) is 12.3. The SMILES string of the molecule is Cc1cc(C)c(C)c(-c2c3ccc(-n4c5ccccc5c5c[c]([Ge]([CH3])([CH3])[CH3])ccc54)cc3cc[n+]2C)c1. The quantitative estimate of drug-likeness (QED) is 0.158. The molecular formula is C34H35GeN2+. The second-order valence-electron chi connectivity index (χ2n) is 11.6. The summed E-state index contributed by atoms with van der Waals surface area (Å²) >= 11 is -1.95. The first-order valence-corrected chi connectivity index (χ1v) is 20.5. The zero-order valence-corrected chi connectivity index (χ0v) is 25.1. The van der Waals surface area contributed by atoms with E-state index in [-0.39, 0.29) is 0 Å². The number of hydrogen-bond acceptors (Lipinski definition) is 0. The molecule has 184 valence electrons. The topological polar surface area (TPSA) is 8.81 Å². The van der Waals surface area contributed by atoms with Crippen LogP contribution < -0.4 is 8.96 Å². The fourth-order valence-electron chi connectivity index (χ4n) is 5.84. The van der Waals surface area contributed by atoms with Gasteiger partial charge in [0.05, 0.1) is 0 Å². The van der Waals surface area contributed by atoms with E-state index in [4.69, 9.17) is 0 Å². The molecule has 0 aliphatic heterocycles. The molecule has 2 heterocycles. The van der Waals surface area contributed by atoms with Crippen LogP contribution in [0.1, 0.15) is 16.7 Å². The number of aryl methyl sites for hydroxylation is 3. The molecule has 2 nitrogen and oxygen atoms in total. The van der Waals surface area contributed by atoms with Crippen molar-refractivity contribution in [1.82, 2.24) is 4.57 Å². The predicted octanol–water partition coefficient (Wildman–Crippen LogP) is 7.90. The molecule has 0 spiro atoms. The van der Waals surface area contributed by atoms with Crippen LogP contribution in [0.15, 0.2) is 85.1 Å². The van der Waals surface area contributed by atoms with Crippen LogP contribution in [-0.2, 0) is 7.05 Å². The van der Waals surface area contributed by atoms with E-state index in [2.05, 4.69) is 139 Å². The van der Waals surface area contributed by atoms with Crippen LogP contribution in [0.4, 0.5) is 0 Å². The van der Waals surface area contributed by atoms with Crippen molar-refractivity contribution >= 4 is 50.2 Å². The van der Waals surface area contributed by atoms with Crippen LogP contribution in [0.25, 0.3) is 49.5 Å². The summed E-state index contributed by atoms with van der Waals surface area (Å²) in [6, 6.07) is 29.9. The summed E-state index contributed by atoms with van der Waals surface area (Å²) in [5, 5.41) is 5.24. The molecular weight excluding hydrogens is 509 g/mol. The second-order valence-corrected chi connectivity index (χ2v) is 22.3. The number of rotatable bonds is 3. The van der Waals surface area contributed by atoms with E-state index < -0.39 is 13.3 Å². The van der Waals surface area contributed by atoms with E-state index in [1.54, 1.807) is 4.40 Å². The average Bonchev–Trinajstić information content (AvgIpc) is 3.19. The third-order valence-electron chi connectivity index (χ3n) is 7.98. The minimum absolute atomic E-state index is 1.21. The van der Waals surface area contributed by atoms with Crippen LogP contribution in [0, 0.1) is 20.8 Å². The molecule has 0 fully saturated rings. The van der Waals surface area contributed by atoms with Gasteiger partial charge in [-0.25, -0.2) is 0 Å². The normalized spacial score (nSPS) is 12.2. The summed E-state index contributed by atoms with van der Waals surface area (Å²) in [5.74, 6) is 7.41. The molecule has 0 saturated heterocycles. The molecule has 6 aromatic rings. The van der Waals surface area contributed by atoms with Crippen LogP contribution in [0.3, 0.4) is 0 Å². The van der Waals surface area contributed by atoms with Gasteiger partial charge in [0.15, 0.2) is 0 Å². The van der Waals surface area contributed by atoms with Gasteiger partial charge >= 0.3 is 185 Å². The molecule has 0 atom stereocenters. The Morgan fingerprint density at radius 2 is 1.46 bits per heavy atom. The summed E-state index contributed by atoms with van der Waals surface area (Å²) in [5.41, 5.74) is 10.3. The van der Waals surface area contributed by atoms with E-state index in [9.17, 15) is 0 Å². The molecule has 0 aliphatic carbocycles. The number of hydrogen-bond donors (Lipinski definition) is 0. The first-order chi connectivity index (χ1) is 17.6. The van der Waals surface area contributed by atoms with Gasteiger partial charge in [-0.1, -0.05) is 11.6 Å². The number of benzene rings is 4. The maximum atomic E-state index is 2.47. The number of fused-ring (bicyclic) bond motifs is 4. The first-order valence-electron chi connectivity index (χ1n) is 13.2. The standard InChI is InChI=1S/C34H35GeN2/c1-22-18-23(2)24(3)30(19-22)34-28-14-13-27(20-25(28)16-17-36(34)7)37-32-11-9-8-10-29(32)31-21-26(35(4,5)6)12-15-33(31)37/h8-21H,1-7H3/q+1. The molecule has 0 saturated carbocycles. The van der Waals surface area contributed by atoms with Crippen molar-refractivity contribution in [3.63, 3.8) is 0 Å². The molecule has 0 radical (unpaired) electrons. The van der Waals surface area contributed by atoms with Gasteiger partial charge in [-0.3, -0.25) is 0 Å². The Labute approximate surface area is 222 Å². The van der Waals surface area contributed by atoms with Crippen molar-refractivity contribution < 1.29 is 4.57 Å². The van der Waals surface area contributed by atoms with Crippen molar-refractivity contribution in [2.24, 2.45) is 7.05 Å². The summed E-state index contributed by atoms with van der Waals surface area (Å²) in [6.07, 6.45) is 2.20. The number of para-hydroxylation sites is 1. The fraction of sp³-hybridized carbons (Fsp3) is 0.206. The van der Waals surface area contributed by atoms with Gasteiger partial charge in [0.2, 0.25) is 0 Å². The molecule has 3 heteroatoms. The Morgan fingerprint density at radius 1 is 0.703 bits per heavy atom. The van der Waals surface area contributed by atoms with Crippen molar-refractivity contribution in [3.05, 3.63) is 102 Å². The molecule has 0 aliphatic rings. The Morgan fingerprint density at radius 3 is 2.24 bits per heavy atom. The molecule has 0 N–H and O–H groups in total. The fourth-order valence-corrected chi connectivity index (χ4v) is 8.27. The summed E-state index contributed by atoms with van der Waals surface area (Å²) in [4.78, 5) is 0. The molecule has 2 aromatic heterocycles. The van der Waals surface area contributed by atoms with Crippen LogP contribution in [0.5, 0.6) is 0 Å². The first kappa shape index (κ1) is 24.0. The predicted molar refractivity (Wildman–Crippen MR) is 162 cm³/mol. The van der Waals surface area contributed by atoms with Gasteiger partial charge in [-0.15, -0.1) is 0 Å². The van der Waals surface area contributed by atoms with E-state index in [1.165, 1.54) is 66.2 Å². The third kappa shape index (κ3) is 3.90. The van der Waals surface area contributed by atoms with Crippen molar-refractivity contribution in [2.45, 2.75) is 38.0 Å². The van der Waals surface area contributed by atoms with E-state index in [0.29, 0.717) is 0 Å². The number of aromatic nitrogens is 2. The average molecular weight is 544 g/mol. The van der Waals surface area contributed by atoms with Gasteiger partial charge < -0.3 is 0 Å². The van der Waals surface area contributed by atoms with Crippen LogP contribution in [0.2, 0.25) is 17.3 Å². The zero-order valence-electron chi connectivity index (χ0n) is 23.0. The molecule has 37 heavy (non-hydrogen) atoms. The van der Waals surface area contributed by atoms with Crippen molar-refractivity contribution in [2.75, 3.05) is 0 Å². The summed E-state index contributed by atoms with van der Waals surface area (Å²) < 4.78 is 6.26. The van der Waals surface area contributed by atoms with Gasteiger partial charge in [0.25, 0.3) is 0 Å². The van der Waals surface area contributed by atoms with E-state index in [1.807, 2.05) is 0 Å². The minimum atomic E-state index is -1.95. The Hall–Kier alpha value is -3.37. The van der Waals surface area contributed by atoms with Gasteiger partial charge in [0.1, 0.15) is 0 Å². The van der Waals surface area contributed by atoms with Gasteiger partial charge in [-0.05, 0) is 26.3 Å². The number of pyridine rings is 1. The molecule has 0 bridgehead atoms. The number of nitrogens with zero attached hydrogens (tertiary/aromatic N) is 2. The van der Waals surface area contributed by atoms with Gasteiger partial charge in [-0.2, -0.15) is 0 Å². The van der Waals surface area contributed by atoms with Crippen LogP contribution >= 0.6 is 0 Å². The zero-order chi connectivity index (χ0) is 26.1. The second kappa shape index (κ2) is 8.60. The molecule has 0 amide bonds. The Balaban J connectivity index is 1.62.